The van der Waals surface area contributed by atoms with E-state index in [1.54, 1.807) is 0 Å². The topological polar surface area (TPSA) is 92.3 Å². The van der Waals surface area contributed by atoms with Gasteiger partial charge in [0.15, 0.2) is 0 Å². The van der Waals surface area contributed by atoms with Crippen molar-refractivity contribution >= 4 is 34.8 Å². The fraction of sp³-hybridized carbons (Fsp3) is 0.694. The number of carbonyl (C=O) groups excluding carboxylic acids is 2. The Bertz CT molecular complexity index is 1070. The van der Waals surface area contributed by atoms with Gasteiger partial charge in [-0.25, -0.2) is 0 Å². The molecule has 0 saturated carbocycles. The normalized spacial score (nSPS) is 10.3. The molecule has 5 nitrogen and oxygen atoms in total. The van der Waals surface area contributed by atoms with E-state index in [0.29, 0.717) is 0 Å². The molecule has 1 N–H and O–H groups in total. The van der Waals surface area contributed by atoms with Crippen LogP contribution in [0.1, 0.15) is 225 Å². The summed E-state index contributed by atoms with van der Waals surface area (Å²) < 4.78 is 0. The zero-order chi connectivity index (χ0) is 40.3. The largest absolute Gasteiger partial charge is 2.00 e. The van der Waals surface area contributed by atoms with Gasteiger partial charge in [-0.1, -0.05) is 254 Å². The molecule has 1 radical (unpaired) electrons. The van der Waals surface area contributed by atoms with Crippen LogP contribution in [0.2, 0.25) is 0 Å². The number of unbranched alkanes of at least 4 members (excludes halogenated alkanes) is 28. The van der Waals surface area contributed by atoms with Crippen molar-refractivity contribution in [3.8, 4) is 0 Å². The Kier molecular flexibility index (Phi) is 45.4. The van der Waals surface area contributed by atoms with Crippen LogP contribution in [0, 0.1) is 0 Å². The summed E-state index contributed by atoms with van der Waals surface area (Å²) in [7, 11) is 0. The van der Waals surface area contributed by atoms with Crippen molar-refractivity contribution < 1.29 is 36.9 Å². The Hall–Kier alpha value is -2.21. The van der Waals surface area contributed by atoms with E-state index in [1.165, 1.54) is 167 Å². The monoisotopic (exact) mass is 843 g/mol. The van der Waals surface area contributed by atoms with Gasteiger partial charge >= 0.3 is 17.1 Å². The molecule has 0 fully saturated rings. The van der Waals surface area contributed by atoms with E-state index in [9.17, 15) is 19.8 Å². The van der Waals surface area contributed by atoms with Gasteiger partial charge in [0.25, 0.3) is 0 Å². The summed E-state index contributed by atoms with van der Waals surface area (Å²) in [5.74, 6) is -1.81. The van der Waals surface area contributed by atoms with Gasteiger partial charge in [-0.2, -0.15) is 0 Å². The van der Waals surface area contributed by atoms with E-state index in [-0.39, 0.29) is 29.9 Å². The summed E-state index contributed by atoms with van der Waals surface area (Å²) in [6.07, 6.45) is 39.7. The van der Waals surface area contributed by atoms with Gasteiger partial charge < -0.3 is 25.1 Å². The molecule has 323 valence electrons. The van der Waals surface area contributed by atoms with E-state index < -0.39 is 11.9 Å². The maximum Gasteiger partial charge on any atom is 2.00 e. The molecule has 2 aromatic carbocycles. The van der Waals surface area contributed by atoms with Gasteiger partial charge in [-0.05, 0) is 37.8 Å². The second-order valence-corrected chi connectivity index (χ2v) is 15.7. The SMILES string of the molecule is CCCCCCCCCCCCCCCCCC(=O)[O-].CCCCCCCCCCCCCCCCCC(=O)[O-].S=C(Nc1ccccc1)c1ccccc1.[Cu+2]. The van der Waals surface area contributed by atoms with Crippen LogP contribution in [0.15, 0.2) is 60.7 Å². The standard InChI is InChI=1S/2C18H36O2.C13H11NS.Cu/c2*1-2-3-4-5-6-7-8-9-10-11-12-13-14-15-16-17-18(19)20;15-13(11-7-3-1-4-8-11)14-12-9-5-2-6-10-12;/h2*2-17H2,1H3,(H,19,20);1-10H,(H,14,15);/q;;;+2/p-2. The molecule has 0 bridgehead atoms. The van der Waals surface area contributed by atoms with E-state index in [1.807, 2.05) is 60.7 Å². The first kappa shape index (κ1) is 55.9. The zero-order valence-electron chi connectivity index (χ0n) is 35.7. The Morgan fingerprint density at radius 3 is 0.946 bits per heavy atom. The van der Waals surface area contributed by atoms with Crippen LogP contribution in [0.25, 0.3) is 0 Å². The Morgan fingerprint density at radius 2 is 0.679 bits per heavy atom. The van der Waals surface area contributed by atoms with Crippen LogP contribution in [0.5, 0.6) is 0 Å². The Labute approximate surface area is 360 Å². The van der Waals surface area contributed by atoms with Crippen LogP contribution >= 0.6 is 12.2 Å². The second-order valence-electron chi connectivity index (χ2n) is 15.3. The number of benzene rings is 2. The minimum Gasteiger partial charge on any atom is -0.550 e. The molecule has 0 aromatic heterocycles. The minimum absolute atomic E-state index is 0. The van der Waals surface area contributed by atoms with E-state index in [4.69, 9.17) is 12.2 Å². The summed E-state index contributed by atoms with van der Waals surface area (Å²) >= 11 is 5.29. The average molecular weight is 844 g/mol. The molecule has 0 atom stereocenters. The predicted molar refractivity (Wildman–Crippen MR) is 237 cm³/mol. The Morgan fingerprint density at radius 1 is 0.429 bits per heavy atom. The maximum atomic E-state index is 10.2. The number of nitrogens with one attached hydrogen (secondary N) is 1. The van der Waals surface area contributed by atoms with Crippen molar-refractivity contribution in [2.45, 2.75) is 219 Å². The molecule has 0 spiro atoms. The van der Waals surface area contributed by atoms with E-state index in [2.05, 4.69) is 19.2 Å². The number of anilines is 1. The van der Waals surface area contributed by atoms with Crippen molar-refractivity contribution in [3.05, 3.63) is 66.2 Å². The van der Waals surface area contributed by atoms with Crippen LogP contribution in [0.3, 0.4) is 0 Å². The number of rotatable bonds is 34. The van der Waals surface area contributed by atoms with Crippen molar-refractivity contribution in [3.63, 3.8) is 0 Å². The number of hydrogen-bond donors (Lipinski definition) is 1. The average Bonchev–Trinajstić information content (AvgIpc) is 3.19. The fourth-order valence-corrected chi connectivity index (χ4v) is 6.85. The number of carboxylic acids is 2. The number of para-hydroxylation sites is 1. The molecule has 2 aromatic rings. The van der Waals surface area contributed by atoms with Gasteiger partial charge in [0, 0.05) is 23.2 Å². The summed E-state index contributed by atoms with van der Waals surface area (Å²) in [6, 6.07) is 19.9. The molecule has 0 saturated heterocycles. The number of thiocarbonyl (C=S) groups is 1. The quantitative estimate of drug-likeness (QED) is 0.0429. The van der Waals surface area contributed by atoms with Crippen molar-refractivity contribution in [1.82, 2.24) is 0 Å². The van der Waals surface area contributed by atoms with Crippen LogP contribution in [-0.4, -0.2) is 16.9 Å². The summed E-state index contributed by atoms with van der Waals surface area (Å²) in [6.45, 7) is 4.53. The first-order chi connectivity index (χ1) is 26.9. The molecule has 0 unspecified atom stereocenters. The number of carboxylic acid groups (broad SMARTS) is 2. The van der Waals surface area contributed by atoms with E-state index in [0.717, 1.165) is 41.9 Å². The van der Waals surface area contributed by atoms with Crippen LogP contribution in [-0.2, 0) is 26.7 Å². The summed E-state index contributed by atoms with van der Waals surface area (Å²) in [5, 5.41) is 23.6. The first-order valence-electron chi connectivity index (χ1n) is 22.7. The van der Waals surface area contributed by atoms with Gasteiger partial charge in [-0.15, -0.1) is 0 Å². The number of carbonyl (C=O) groups is 2. The number of aliphatic carboxylic acids is 2. The molecule has 0 heterocycles. The molecular weight excluding hydrogens is 762 g/mol. The predicted octanol–water partition coefficient (Wildman–Crippen LogP) is 13.5. The maximum absolute atomic E-state index is 10.2. The molecule has 56 heavy (non-hydrogen) atoms. The molecule has 0 aliphatic carbocycles. The fourth-order valence-electron chi connectivity index (χ4n) is 6.60. The third-order valence-electron chi connectivity index (χ3n) is 10.0. The number of hydrogen-bond acceptors (Lipinski definition) is 5. The van der Waals surface area contributed by atoms with Gasteiger partial charge in [0.2, 0.25) is 0 Å². The summed E-state index contributed by atoms with van der Waals surface area (Å²) in [4.78, 5) is 21.2. The molecule has 2 rings (SSSR count). The summed E-state index contributed by atoms with van der Waals surface area (Å²) in [5.41, 5.74) is 2.06. The van der Waals surface area contributed by atoms with Crippen molar-refractivity contribution in [2.75, 3.05) is 5.32 Å². The van der Waals surface area contributed by atoms with Crippen molar-refractivity contribution in [1.29, 1.82) is 0 Å². The molecule has 7 heteroatoms. The molecular formula is C49H81CuNO4S. The second kappa shape index (κ2) is 45.5. The first-order valence-corrected chi connectivity index (χ1v) is 23.1. The Balaban J connectivity index is 0. The zero-order valence-corrected chi connectivity index (χ0v) is 37.5. The third-order valence-corrected chi connectivity index (χ3v) is 10.4. The van der Waals surface area contributed by atoms with Gasteiger partial charge in [0.05, 0.1) is 0 Å². The smallest absolute Gasteiger partial charge is 0.550 e. The molecule has 0 amide bonds. The van der Waals surface area contributed by atoms with Crippen molar-refractivity contribution in [2.24, 2.45) is 0 Å². The van der Waals surface area contributed by atoms with E-state index >= 15 is 0 Å². The van der Waals surface area contributed by atoms with Crippen LogP contribution < -0.4 is 15.5 Å². The molecule has 0 aliphatic rings. The van der Waals surface area contributed by atoms with Gasteiger partial charge in [0.1, 0.15) is 4.99 Å². The van der Waals surface area contributed by atoms with Crippen LogP contribution in [0.4, 0.5) is 5.69 Å². The van der Waals surface area contributed by atoms with Gasteiger partial charge in [-0.3, -0.25) is 0 Å². The molecule has 0 aliphatic heterocycles. The third kappa shape index (κ3) is 42.9. The minimum atomic E-state index is -0.903.